The summed E-state index contributed by atoms with van der Waals surface area (Å²) in [5.41, 5.74) is 3.92. The number of thioether (sulfide) groups is 1. The third kappa shape index (κ3) is 4.48. The Morgan fingerprint density at radius 1 is 1.39 bits per heavy atom. The summed E-state index contributed by atoms with van der Waals surface area (Å²) in [6, 6.07) is 11.4. The van der Waals surface area contributed by atoms with Gasteiger partial charge in [-0.05, 0) is 49.7 Å². The topological polar surface area (TPSA) is 99.6 Å². The average Bonchev–Trinajstić information content (AvgIpc) is 3.44. The van der Waals surface area contributed by atoms with Gasteiger partial charge in [-0.3, -0.25) is 4.79 Å². The molecule has 0 aliphatic rings. The van der Waals surface area contributed by atoms with Crippen molar-refractivity contribution in [3.8, 4) is 6.07 Å². The van der Waals surface area contributed by atoms with Gasteiger partial charge in [0.1, 0.15) is 17.6 Å². The first-order valence-electron chi connectivity index (χ1n) is 9.66. The van der Waals surface area contributed by atoms with E-state index in [1.54, 1.807) is 12.3 Å². The monoisotopic (exact) mass is 453 g/mol. The van der Waals surface area contributed by atoms with Gasteiger partial charge in [-0.1, -0.05) is 23.4 Å². The van der Waals surface area contributed by atoms with Gasteiger partial charge in [-0.25, -0.2) is 4.98 Å². The quantitative estimate of drug-likeness (QED) is 0.371. The Morgan fingerprint density at radius 2 is 2.23 bits per heavy atom. The number of imidazole rings is 1. The molecule has 1 amide bonds. The fourth-order valence-corrected chi connectivity index (χ4v) is 4.35. The number of nitriles is 1. The number of anilines is 1. The Kier molecular flexibility index (Phi) is 6.07. The summed E-state index contributed by atoms with van der Waals surface area (Å²) in [7, 11) is 0. The molecule has 0 aliphatic heterocycles. The van der Waals surface area contributed by atoms with Crippen LogP contribution < -0.4 is 5.32 Å². The molecule has 0 atom stereocenters. The minimum absolute atomic E-state index is 0.165. The number of furan rings is 1. The van der Waals surface area contributed by atoms with E-state index < -0.39 is 0 Å². The molecule has 0 fully saturated rings. The standard InChI is InChI=1S/C22H20ClN5O2S/c1-13-14(2)28(12-16-4-3-8-30-16)21(17(13)11-24)27-20(29)7-9-31-22-25-18-6-5-15(23)10-19(18)26-22/h3-6,8,10H,7,9,12H2,1-2H3,(H,25,26)(H,27,29). The molecule has 158 valence electrons. The number of aromatic amines is 1. The van der Waals surface area contributed by atoms with Crippen molar-refractivity contribution < 1.29 is 9.21 Å². The first-order valence-corrected chi connectivity index (χ1v) is 11.0. The number of aromatic nitrogens is 3. The summed E-state index contributed by atoms with van der Waals surface area (Å²) in [6.07, 6.45) is 1.88. The molecule has 0 spiro atoms. The highest BCUT2D eigenvalue weighted by Gasteiger charge is 2.20. The summed E-state index contributed by atoms with van der Waals surface area (Å²) in [6.45, 7) is 4.25. The summed E-state index contributed by atoms with van der Waals surface area (Å²) >= 11 is 7.47. The van der Waals surface area contributed by atoms with Crippen LogP contribution in [0.2, 0.25) is 5.02 Å². The zero-order valence-electron chi connectivity index (χ0n) is 17.0. The highest BCUT2D eigenvalue weighted by atomic mass is 35.5. The Labute approximate surface area is 188 Å². The van der Waals surface area contributed by atoms with Crippen LogP contribution in [-0.4, -0.2) is 26.2 Å². The van der Waals surface area contributed by atoms with E-state index in [-0.39, 0.29) is 12.3 Å². The molecule has 0 saturated carbocycles. The predicted octanol–water partition coefficient (Wildman–Crippen LogP) is 5.27. The molecule has 7 nitrogen and oxygen atoms in total. The Balaban J connectivity index is 1.44. The molecule has 0 radical (unpaired) electrons. The maximum Gasteiger partial charge on any atom is 0.226 e. The molecule has 0 aliphatic carbocycles. The molecule has 4 aromatic rings. The highest BCUT2D eigenvalue weighted by molar-refractivity contribution is 7.99. The lowest BCUT2D eigenvalue weighted by Gasteiger charge is -2.12. The van der Waals surface area contributed by atoms with Crippen LogP contribution in [0.1, 0.15) is 29.0 Å². The number of amides is 1. The van der Waals surface area contributed by atoms with Crippen LogP contribution in [0.3, 0.4) is 0 Å². The van der Waals surface area contributed by atoms with E-state index in [4.69, 9.17) is 16.0 Å². The van der Waals surface area contributed by atoms with Crippen LogP contribution >= 0.6 is 23.4 Å². The van der Waals surface area contributed by atoms with E-state index in [9.17, 15) is 10.1 Å². The number of benzene rings is 1. The molecule has 0 unspecified atom stereocenters. The number of rotatable bonds is 7. The van der Waals surface area contributed by atoms with Crippen molar-refractivity contribution in [2.75, 3.05) is 11.1 Å². The van der Waals surface area contributed by atoms with Gasteiger partial charge in [0.15, 0.2) is 5.16 Å². The average molecular weight is 454 g/mol. The molecule has 0 bridgehead atoms. The van der Waals surface area contributed by atoms with Gasteiger partial charge in [-0.15, -0.1) is 0 Å². The Morgan fingerprint density at radius 3 is 2.97 bits per heavy atom. The number of halogens is 1. The van der Waals surface area contributed by atoms with Crippen LogP contribution in [0.4, 0.5) is 5.82 Å². The van der Waals surface area contributed by atoms with E-state index in [1.165, 1.54) is 11.8 Å². The van der Waals surface area contributed by atoms with Crippen LogP contribution in [0.15, 0.2) is 46.2 Å². The zero-order chi connectivity index (χ0) is 22.0. The fourth-order valence-electron chi connectivity index (χ4n) is 3.35. The molecule has 3 aromatic heterocycles. The van der Waals surface area contributed by atoms with E-state index in [1.807, 2.05) is 42.7 Å². The number of fused-ring (bicyclic) bond motifs is 1. The molecule has 31 heavy (non-hydrogen) atoms. The molecule has 9 heteroatoms. The third-order valence-corrected chi connectivity index (χ3v) is 6.19. The van der Waals surface area contributed by atoms with Crippen LogP contribution in [0, 0.1) is 25.2 Å². The smallest absolute Gasteiger partial charge is 0.226 e. The number of nitrogens with zero attached hydrogens (tertiary/aromatic N) is 3. The van der Waals surface area contributed by atoms with Crippen LogP contribution in [-0.2, 0) is 11.3 Å². The van der Waals surface area contributed by atoms with E-state index in [2.05, 4.69) is 21.4 Å². The fraction of sp³-hybridized carbons (Fsp3) is 0.227. The van der Waals surface area contributed by atoms with Gasteiger partial charge in [-0.2, -0.15) is 5.26 Å². The first-order chi connectivity index (χ1) is 15.0. The lowest BCUT2D eigenvalue weighted by Crippen LogP contribution is -2.17. The van der Waals surface area contributed by atoms with E-state index in [0.29, 0.717) is 28.7 Å². The largest absolute Gasteiger partial charge is 0.467 e. The molecule has 0 saturated heterocycles. The van der Waals surface area contributed by atoms with Crippen LogP contribution in [0.5, 0.6) is 0 Å². The normalized spacial score (nSPS) is 11.0. The van der Waals surface area contributed by atoms with Gasteiger partial charge in [0.2, 0.25) is 5.91 Å². The molecule has 3 heterocycles. The molecule has 4 rings (SSSR count). The van der Waals surface area contributed by atoms with Crippen molar-refractivity contribution in [1.82, 2.24) is 14.5 Å². The SMILES string of the molecule is Cc1c(C#N)c(NC(=O)CCSc2nc3ccc(Cl)cc3[nH]2)n(Cc2ccco2)c1C. The second-order valence-electron chi connectivity index (χ2n) is 7.06. The maximum absolute atomic E-state index is 12.6. The van der Waals surface area contributed by atoms with E-state index in [0.717, 1.165) is 33.2 Å². The van der Waals surface area contributed by atoms with Crippen molar-refractivity contribution in [2.24, 2.45) is 0 Å². The van der Waals surface area contributed by atoms with Gasteiger partial charge in [0, 0.05) is 22.9 Å². The second kappa shape index (κ2) is 8.92. The van der Waals surface area contributed by atoms with Gasteiger partial charge >= 0.3 is 0 Å². The molecular formula is C22H20ClN5O2S. The number of hydrogen-bond donors (Lipinski definition) is 2. The predicted molar refractivity (Wildman–Crippen MR) is 122 cm³/mol. The Bertz CT molecular complexity index is 1280. The summed E-state index contributed by atoms with van der Waals surface area (Å²) in [4.78, 5) is 20.3. The Hall–Kier alpha value is -3.15. The summed E-state index contributed by atoms with van der Waals surface area (Å²) in [5.74, 6) is 1.63. The minimum Gasteiger partial charge on any atom is -0.467 e. The number of carbonyl (C=O) groups excluding carboxylic acids is 1. The summed E-state index contributed by atoms with van der Waals surface area (Å²) in [5, 5.41) is 13.9. The van der Waals surface area contributed by atoms with Gasteiger partial charge in [0.25, 0.3) is 0 Å². The lowest BCUT2D eigenvalue weighted by molar-refractivity contribution is -0.115. The number of carbonyl (C=O) groups is 1. The van der Waals surface area contributed by atoms with Crippen LogP contribution in [0.25, 0.3) is 11.0 Å². The van der Waals surface area contributed by atoms with Gasteiger partial charge in [0.05, 0.1) is 29.4 Å². The molecule has 2 N–H and O–H groups in total. The first kappa shape index (κ1) is 21.1. The van der Waals surface area contributed by atoms with Crippen molar-refractivity contribution in [1.29, 1.82) is 5.26 Å². The zero-order valence-corrected chi connectivity index (χ0v) is 18.6. The minimum atomic E-state index is -0.165. The third-order valence-electron chi connectivity index (χ3n) is 5.08. The molecule has 1 aromatic carbocycles. The number of H-pyrrole nitrogens is 1. The van der Waals surface area contributed by atoms with Crippen molar-refractivity contribution in [2.45, 2.75) is 32.0 Å². The van der Waals surface area contributed by atoms with Crippen molar-refractivity contribution >= 4 is 46.1 Å². The molecular weight excluding hydrogens is 434 g/mol. The van der Waals surface area contributed by atoms with E-state index >= 15 is 0 Å². The van der Waals surface area contributed by atoms with Crippen molar-refractivity contribution in [3.05, 3.63) is 64.2 Å². The van der Waals surface area contributed by atoms with Crippen molar-refractivity contribution in [3.63, 3.8) is 0 Å². The van der Waals surface area contributed by atoms with Gasteiger partial charge < -0.3 is 19.3 Å². The number of hydrogen-bond acceptors (Lipinski definition) is 5. The summed E-state index contributed by atoms with van der Waals surface area (Å²) < 4.78 is 7.35. The maximum atomic E-state index is 12.6. The lowest BCUT2D eigenvalue weighted by atomic mass is 10.2. The highest BCUT2D eigenvalue weighted by Crippen LogP contribution is 2.28. The second-order valence-corrected chi connectivity index (χ2v) is 8.58. The number of nitrogens with one attached hydrogen (secondary N) is 2.